The second-order valence-corrected chi connectivity index (χ2v) is 8.24. The number of rotatable bonds is 8. The third-order valence-corrected chi connectivity index (χ3v) is 5.57. The minimum atomic E-state index is -3.24. The van der Waals surface area contributed by atoms with E-state index in [0.29, 0.717) is 31.5 Å². The van der Waals surface area contributed by atoms with Crippen LogP contribution in [0.3, 0.4) is 0 Å². The molecule has 0 aliphatic heterocycles. The summed E-state index contributed by atoms with van der Waals surface area (Å²) in [6.45, 7) is 1.54. The first-order valence-corrected chi connectivity index (χ1v) is 9.91. The molecule has 1 fully saturated rings. The van der Waals surface area contributed by atoms with E-state index < -0.39 is 10.0 Å². The molecule has 0 unspecified atom stereocenters. The van der Waals surface area contributed by atoms with Crippen molar-refractivity contribution < 1.29 is 8.42 Å². The molecule has 0 saturated heterocycles. The summed E-state index contributed by atoms with van der Waals surface area (Å²) >= 11 is 0. The van der Waals surface area contributed by atoms with Crippen LogP contribution < -0.4 is 10.0 Å². The van der Waals surface area contributed by atoms with Crippen molar-refractivity contribution in [3.63, 3.8) is 0 Å². The van der Waals surface area contributed by atoms with Gasteiger partial charge in [-0.25, -0.2) is 13.1 Å². The molecule has 1 saturated carbocycles. The molecule has 24 heavy (non-hydrogen) atoms. The Labute approximate surface area is 144 Å². The van der Waals surface area contributed by atoms with E-state index in [1.807, 2.05) is 25.2 Å². The number of aromatic nitrogens is 2. The molecule has 2 rings (SSSR count). The molecule has 1 aliphatic rings. The lowest BCUT2D eigenvalue weighted by atomic mass is 9.86. The van der Waals surface area contributed by atoms with E-state index in [0.717, 1.165) is 18.4 Å². The Kier molecular flexibility index (Phi) is 6.61. The van der Waals surface area contributed by atoms with Gasteiger partial charge in [0.15, 0.2) is 5.96 Å². The van der Waals surface area contributed by atoms with Gasteiger partial charge in [-0.1, -0.05) is 6.42 Å². The number of guanidine groups is 1. The van der Waals surface area contributed by atoms with Crippen LogP contribution in [0, 0.1) is 5.92 Å². The maximum atomic E-state index is 12.0. The van der Waals surface area contributed by atoms with Crippen LogP contribution in [0.4, 0.5) is 0 Å². The van der Waals surface area contributed by atoms with Gasteiger partial charge in [-0.2, -0.15) is 5.10 Å². The fourth-order valence-corrected chi connectivity index (χ4v) is 3.60. The zero-order chi connectivity index (χ0) is 17.6. The summed E-state index contributed by atoms with van der Waals surface area (Å²) in [7, 11) is 2.23. The van der Waals surface area contributed by atoms with Gasteiger partial charge in [0.25, 0.3) is 0 Å². The fraction of sp³-hybridized carbons (Fsp3) is 0.733. The van der Waals surface area contributed by atoms with Crippen LogP contribution in [0.15, 0.2) is 17.4 Å². The molecule has 0 bridgehead atoms. The summed E-state index contributed by atoms with van der Waals surface area (Å²) in [6.07, 6.45) is 7.23. The summed E-state index contributed by atoms with van der Waals surface area (Å²) in [4.78, 5) is 6.13. The van der Waals surface area contributed by atoms with Gasteiger partial charge in [-0.05, 0) is 18.8 Å². The zero-order valence-electron chi connectivity index (χ0n) is 14.7. The van der Waals surface area contributed by atoms with Crippen molar-refractivity contribution in [3.05, 3.63) is 18.0 Å². The van der Waals surface area contributed by atoms with Gasteiger partial charge >= 0.3 is 0 Å². The minimum absolute atomic E-state index is 0.0411. The molecule has 0 radical (unpaired) electrons. The highest BCUT2D eigenvalue weighted by molar-refractivity contribution is 7.89. The third-order valence-electron chi connectivity index (χ3n) is 4.22. The van der Waals surface area contributed by atoms with E-state index in [1.165, 1.54) is 6.42 Å². The minimum Gasteiger partial charge on any atom is -0.355 e. The lowest BCUT2D eigenvalue weighted by Gasteiger charge is -2.25. The third kappa shape index (κ3) is 5.79. The highest BCUT2D eigenvalue weighted by atomic mass is 32.2. The van der Waals surface area contributed by atoms with Gasteiger partial charge in [0.2, 0.25) is 10.0 Å². The standard InChI is InChI=1S/C15H28N6O2S/c1-16-15(20(2)11-14-9-18-21(3)12-14)17-7-8-24(22,23)19-10-13-5-4-6-13/h9,12-13,19H,4-8,10-11H2,1-3H3,(H,16,17). The quantitative estimate of drug-likeness (QED) is 0.511. The Morgan fingerprint density at radius 3 is 2.79 bits per heavy atom. The molecule has 0 aromatic carbocycles. The van der Waals surface area contributed by atoms with Gasteiger partial charge in [0, 0.05) is 52.5 Å². The van der Waals surface area contributed by atoms with Crippen LogP contribution in [0.5, 0.6) is 0 Å². The van der Waals surface area contributed by atoms with Crippen molar-refractivity contribution in [1.82, 2.24) is 24.7 Å². The smallest absolute Gasteiger partial charge is 0.213 e. The fourth-order valence-electron chi connectivity index (χ4n) is 2.60. The Hall–Kier alpha value is -1.61. The summed E-state index contributed by atoms with van der Waals surface area (Å²) < 4.78 is 28.4. The Balaban J connectivity index is 1.73. The SMILES string of the molecule is CN=C(NCCS(=O)(=O)NCC1CCC1)N(C)Cc1cnn(C)c1. The van der Waals surface area contributed by atoms with Crippen molar-refractivity contribution in [2.24, 2.45) is 18.0 Å². The number of sulfonamides is 1. The van der Waals surface area contributed by atoms with Crippen molar-refractivity contribution in [2.45, 2.75) is 25.8 Å². The van der Waals surface area contributed by atoms with Gasteiger partial charge in [0.1, 0.15) is 0 Å². The lowest BCUT2D eigenvalue weighted by molar-refractivity contribution is 0.316. The molecule has 136 valence electrons. The van der Waals surface area contributed by atoms with Crippen molar-refractivity contribution in [3.8, 4) is 0 Å². The molecular formula is C15H28N6O2S. The summed E-state index contributed by atoms with van der Waals surface area (Å²) in [5, 5.41) is 7.24. The van der Waals surface area contributed by atoms with Crippen LogP contribution in [-0.2, 0) is 23.6 Å². The van der Waals surface area contributed by atoms with Crippen molar-refractivity contribution in [1.29, 1.82) is 0 Å². The van der Waals surface area contributed by atoms with E-state index in [-0.39, 0.29) is 5.75 Å². The van der Waals surface area contributed by atoms with Crippen molar-refractivity contribution >= 4 is 16.0 Å². The lowest BCUT2D eigenvalue weighted by Crippen LogP contribution is -2.42. The van der Waals surface area contributed by atoms with Gasteiger partial charge < -0.3 is 10.2 Å². The molecule has 2 N–H and O–H groups in total. The Bertz CT molecular complexity index is 651. The number of aryl methyl sites for hydroxylation is 1. The van der Waals surface area contributed by atoms with Crippen LogP contribution in [0.2, 0.25) is 0 Å². The predicted octanol–water partition coefficient (Wildman–Crippen LogP) is 0.147. The highest BCUT2D eigenvalue weighted by Gasteiger charge is 2.20. The van der Waals surface area contributed by atoms with Crippen LogP contribution in [-0.4, -0.2) is 62.0 Å². The zero-order valence-corrected chi connectivity index (χ0v) is 15.5. The van der Waals surface area contributed by atoms with Crippen LogP contribution >= 0.6 is 0 Å². The summed E-state index contributed by atoms with van der Waals surface area (Å²) in [5.41, 5.74) is 1.07. The number of aliphatic imine (C=N–C) groups is 1. The second kappa shape index (κ2) is 8.48. The molecular weight excluding hydrogens is 328 g/mol. The first kappa shape index (κ1) is 18.7. The molecule has 9 heteroatoms. The maximum absolute atomic E-state index is 12.0. The summed E-state index contributed by atoms with van der Waals surface area (Å²) in [5.74, 6) is 1.22. The molecule has 0 spiro atoms. The molecule has 1 aromatic heterocycles. The number of hydrogen-bond donors (Lipinski definition) is 2. The van der Waals surface area contributed by atoms with Crippen LogP contribution in [0.1, 0.15) is 24.8 Å². The Morgan fingerprint density at radius 1 is 1.50 bits per heavy atom. The van der Waals surface area contributed by atoms with E-state index in [2.05, 4.69) is 20.1 Å². The number of hydrogen-bond acceptors (Lipinski definition) is 4. The predicted molar refractivity (Wildman–Crippen MR) is 95.2 cm³/mol. The van der Waals surface area contributed by atoms with Gasteiger partial charge in [-0.15, -0.1) is 0 Å². The van der Waals surface area contributed by atoms with E-state index >= 15 is 0 Å². The highest BCUT2D eigenvalue weighted by Crippen LogP contribution is 2.25. The monoisotopic (exact) mass is 356 g/mol. The van der Waals surface area contributed by atoms with Crippen molar-refractivity contribution in [2.75, 3.05) is 32.9 Å². The largest absolute Gasteiger partial charge is 0.355 e. The average molecular weight is 356 g/mol. The molecule has 0 amide bonds. The maximum Gasteiger partial charge on any atom is 0.213 e. The number of nitrogens with zero attached hydrogens (tertiary/aromatic N) is 4. The first-order valence-electron chi connectivity index (χ1n) is 8.26. The van der Waals surface area contributed by atoms with Crippen LogP contribution in [0.25, 0.3) is 0 Å². The summed E-state index contributed by atoms with van der Waals surface area (Å²) in [6, 6.07) is 0. The second-order valence-electron chi connectivity index (χ2n) is 6.32. The average Bonchev–Trinajstić information content (AvgIpc) is 2.86. The topological polar surface area (TPSA) is 91.6 Å². The van der Waals surface area contributed by atoms with Gasteiger partial charge in [-0.3, -0.25) is 9.67 Å². The molecule has 1 aliphatic carbocycles. The molecule has 8 nitrogen and oxygen atoms in total. The van der Waals surface area contributed by atoms with Gasteiger partial charge in [0.05, 0.1) is 11.9 Å². The first-order chi connectivity index (χ1) is 11.4. The number of nitrogens with one attached hydrogen (secondary N) is 2. The normalized spacial score (nSPS) is 16.0. The van der Waals surface area contributed by atoms with E-state index in [9.17, 15) is 8.42 Å². The Morgan fingerprint density at radius 2 is 2.25 bits per heavy atom. The molecule has 1 aromatic rings. The molecule has 1 heterocycles. The van der Waals surface area contributed by atoms with E-state index in [4.69, 9.17) is 0 Å². The molecule has 0 atom stereocenters. The van der Waals surface area contributed by atoms with E-state index in [1.54, 1.807) is 17.9 Å².